The molecule has 0 saturated heterocycles. The molecule has 58 heavy (non-hydrogen) atoms. The van der Waals surface area contributed by atoms with Crippen LogP contribution in [-0.4, -0.2) is 70.0 Å². The predicted octanol–water partition coefficient (Wildman–Crippen LogP) is 11.7. The Labute approximate surface area is 353 Å². The molecule has 0 spiro atoms. The standard InChI is InChI=1S/C48H78NO8P/c1-6-8-10-12-14-16-18-20-22-24-26-28-30-32-34-36-38-40-47(50)54-44-46(45-56-58(52,53)55-43-42-49(3,4)5)57-48(51)41-39-37-35-33-31-29-27-25-23-21-19-17-15-13-11-9-7-2/h9,11,14-17,20-23,26-29,32-35,46H,6-8,10,12-13,18-19,24-25,30-31,36-45H2,1-5H3/b11-9-,16-14-,17-15-,22-20-,23-21-,28-26-,29-27-,34-32-,35-33-/t46-/m1/s1. The van der Waals surface area contributed by atoms with Gasteiger partial charge in [0.25, 0.3) is 7.82 Å². The fraction of sp³-hybridized carbons (Fsp3) is 0.583. The third kappa shape index (κ3) is 42.3. The van der Waals surface area contributed by atoms with Crippen molar-refractivity contribution in [1.82, 2.24) is 0 Å². The van der Waals surface area contributed by atoms with Crippen molar-refractivity contribution in [3.8, 4) is 0 Å². The van der Waals surface area contributed by atoms with Crippen LogP contribution in [0.25, 0.3) is 0 Å². The van der Waals surface area contributed by atoms with Gasteiger partial charge in [-0.1, -0.05) is 136 Å². The second-order valence-electron chi connectivity index (χ2n) is 15.0. The number of hydrogen-bond donors (Lipinski definition) is 0. The van der Waals surface area contributed by atoms with Crippen LogP contribution in [0, 0.1) is 0 Å². The van der Waals surface area contributed by atoms with Crippen LogP contribution in [0.15, 0.2) is 109 Å². The highest BCUT2D eigenvalue weighted by Gasteiger charge is 2.21. The molecular formula is C48H78NO8P. The molecule has 10 heteroatoms. The van der Waals surface area contributed by atoms with E-state index in [1.54, 1.807) is 0 Å². The zero-order valence-corrected chi connectivity index (χ0v) is 37.6. The molecule has 9 nitrogen and oxygen atoms in total. The van der Waals surface area contributed by atoms with E-state index in [4.69, 9.17) is 18.5 Å². The second-order valence-corrected chi connectivity index (χ2v) is 16.4. The minimum absolute atomic E-state index is 0.0566. The van der Waals surface area contributed by atoms with Crippen LogP contribution < -0.4 is 4.89 Å². The molecule has 1 unspecified atom stereocenters. The molecule has 0 fully saturated rings. The van der Waals surface area contributed by atoms with E-state index in [1.165, 1.54) is 25.7 Å². The highest BCUT2D eigenvalue weighted by atomic mass is 31.2. The van der Waals surface area contributed by atoms with Gasteiger partial charge in [0.15, 0.2) is 6.10 Å². The van der Waals surface area contributed by atoms with Crippen molar-refractivity contribution in [2.45, 2.75) is 136 Å². The number of unbranched alkanes of at least 4 members (excludes halogenated alkanes) is 5. The first-order valence-corrected chi connectivity index (χ1v) is 23.1. The number of quaternary nitrogens is 1. The summed E-state index contributed by atoms with van der Waals surface area (Å²) in [5.41, 5.74) is 0. The Balaban J connectivity index is 4.59. The number of rotatable bonds is 37. The van der Waals surface area contributed by atoms with Crippen molar-refractivity contribution in [1.29, 1.82) is 0 Å². The zero-order valence-electron chi connectivity index (χ0n) is 36.7. The molecule has 0 rings (SSSR count). The number of phosphoric acid groups is 1. The van der Waals surface area contributed by atoms with Gasteiger partial charge in [-0.3, -0.25) is 14.2 Å². The molecule has 0 saturated carbocycles. The summed E-state index contributed by atoms with van der Waals surface area (Å²) in [4.78, 5) is 37.5. The number of hydrogen-bond acceptors (Lipinski definition) is 8. The third-order valence-corrected chi connectivity index (χ3v) is 9.24. The smallest absolute Gasteiger partial charge is 0.306 e. The van der Waals surface area contributed by atoms with Crippen molar-refractivity contribution >= 4 is 19.8 Å². The predicted molar refractivity (Wildman–Crippen MR) is 240 cm³/mol. The molecule has 0 aromatic carbocycles. The molecule has 0 aliphatic heterocycles. The van der Waals surface area contributed by atoms with Gasteiger partial charge >= 0.3 is 11.9 Å². The van der Waals surface area contributed by atoms with Crippen LogP contribution in [0.4, 0.5) is 0 Å². The number of allylic oxidation sites excluding steroid dienone is 18. The number of nitrogens with zero attached hydrogens (tertiary/aromatic N) is 1. The first-order valence-electron chi connectivity index (χ1n) is 21.6. The molecule has 0 aromatic heterocycles. The number of ether oxygens (including phenoxy) is 2. The molecular weight excluding hydrogens is 750 g/mol. The Hall–Kier alpha value is -3.33. The lowest BCUT2D eigenvalue weighted by atomic mass is 10.2. The highest BCUT2D eigenvalue weighted by Crippen LogP contribution is 2.38. The zero-order chi connectivity index (χ0) is 42.8. The van der Waals surface area contributed by atoms with E-state index in [-0.39, 0.29) is 26.1 Å². The van der Waals surface area contributed by atoms with Gasteiger partial charge < -0.3 is 27.9 Å². The van der Waals surface area contributed by atoms with E-state index in [9.17, 15) is 19.0 Å². The number of likely N-dealkylation sites (N-methyl/N-ethyl adjacent to an activating group) is 1. The first kappa shape index (κ1) is 54.7. The summed E-state index contributed by atoms with van der Waals surface area (Å²) in [6.07, 6.45) is 52.8. The molecule has 0 radical (unpaired) electrons. The van der Waals surface area contributed by atoms with Crippen LogP contribution >= 0.6 is 7.82 Å². The van der Waals surface area contributed by atoms with E-state index in [0.29, 0.717) is 30.3 Å². The summed E-state index contributed by atoms with van der Waals surface area (Å²) in [5.74, 6) is -0.982. The Morgan fingerprint density at radius 3 is 1.40 bits per heavy atom. The Bertz CT molecular complexity index is 1350. The maximum atomic E-state index is 12.6. The summed E-state index contributed by atoms with van der Waals surface area (Å²) < 4.78 is 33.7. The van der Waals surface area contributed by atoms with Crippen LogP contribution in [0.3, 0.4) is 0 Å². The summed E-state index contributed by atoms with van der Waals surface area (Å²) in [7, 11) is 1.08. The maximum absolute atomic E-state index is 12.6. The van der Waals surface area contributed by atoms with E-state index in [0.717, 1.165) is 57.8 Å². The Morgan fingerprint density at radius 2 is 0.966 bits per heavy atom. The molecule has 0 bridgehead atoms. The Kier molecular flexibility index (Phi) is 36.9. The first-order chi connectivity index (χ1) is 28.0. The van der Waals surface area contributed by atoms with Crippen LogP contribution in [0.5, 0.6) is 0 Å². The van der Waals surface area contributed by atoms with Crippen LogP contribution in [-0.2, 0) is 32.7 Å². The van der Waals surface area contributed by atoms with Gasteiger partial charge in [0.1, 0.15) is 19.8 Å². The van der Waals surface area contributed by atoms with Crippen LogP contribution in [0.2, 0.25) is 0 Å². The maximum Gasteiger partial charge on any atom is 0.306 e. The summed E-state index contributed by atoms with van der Waals surface area (Å²) in [6, 6.07) is 0. The molecule has 0 aliphatic rings. The third-order valence-electron chi connectivity index (χ3n) is 8.28. The monoisotopic (exact) mass is 828 g/mol. The van der Waals surface area contributed by atoms with Crippen LogP contribution in [0.1, 0.15) is 129 Å². The number of phosphoric ester groups is 1. The van der Waals surface area contributed by atoms with Gasteiger partial charge in [0, 0.05) is 12.8 Å². The molecule has 2 atom stereocenters. The second kappa shape index (κ2) is 39.1. The van der Waals surface area contributed by atoms with E-state index < -0.39 is 32.5 Å². The highest BCUT2D eigenvalue weighted by molar-refractivity contribution is 7.45. The topological polar surface area (TPSA) is 111 Å². The van der Waals surface area contributed by atoms with Crippen molar-refractivity contribution in [3.05, 3.63) is 109 Å². The van der Waals surface area contributed by atoms with Crippen molar-refractivity contribution in [2.24, 2.45) is 0 Å². The number of carbonyl (C=O) groups excluding carboxylic acids is 2. The minimum atomic E-state index is -4.66. The van der Waals surface area contributed by atoms with Gasteiger partial charge in [-0.25, -0.2) is 0 Å². The molecule has 0 aliphatic carbocycles. The lowest BCUT2D eigenvalue weighted by Crippen LogP contribution is -2.37. The van der Waals surface area contributed by atoms with Gasteiger partial charge in [-0.05, 0) is 89.9 Å². The van der Waals surface area contributed by atoms with E-state index in [1.807, 2.05) is 33.3 Å². The van der Waals surface area contributed by atoms with Gasteiger partial charge in [-0.15, -0.1) is 0 Å². The molecule has 0 amide bonds. The van der Waals surface area contributed by atoms with Gasteiger partial charge in [0.2, 0.25) is 0 Å². The van der Waals surface area contributed by atoms with Gasteiger partial charge in [-0.2, -0.15) is 0 Å². The lowest BCUT2D eigenvalue weighted by molar-refractivity contribution is -0.870. The summed E-state index contributed by atoms with van der Waals surface area (Å²) in [5, 5.41) is 0. The summed E-state index contributed by atoms with van der Waals surface area (Å²) in [6.45, 7) is 3.92. The number of esters is 2. The molecule has 0 heterocycles. The summed E-state index contributed by atoms with van der Waals surface area (Å²) >= 11 is 0. The largest absolute Gasteiger partial charge is 0.756 e. The van der Waals surface area contributed by atoms with Gasteiger partial charge in [0.05, 0.1) is 27.7 Å². The SMILES string of the molecule is CC/C=C\C/C=C\C/C=C\C/C=C\C/C=C\CCCC(=O)O[C@H](COC(=O)CCC/C=C\C/C=C\C/C=C\C/C=C\CCCCC)COP(=O)([O-])OCC[N+](C)(C)C. The van der Waals surface area contributed by atoms with Crippen molar-refractivity contribution in [2.75, 3.05) is 47.5 Å². The molecule has 328 valence electrons. The lowest BCUT2D eigenvalue weighted by Gasteiger charge is -2.28. The fourth-order valence-electron chi connectivity index (χ4n) is 4.92. The van der Waals surface area contributed by atoms with Crippen molar-refractivity contribution < 1.29 is 42.1 Å². The van der Waals surface area contributed by atoms with E-state index >= 15 is 0 Å². The minimum Gasteiger partial charge on any atom is -0.756 e. The average Bonchev–Trinajstić information content (AvgIpc) is 3.17. The Morgan fingerprint density at radius 1 is 0.552 bits per heavy atom. The number of carbonyl (C=O) groups is 2. The normalized spacial score (nSPS) is 14.7. The van der Waals surface area contributed by atoms with Crippen molar-refractivity contribution in [3.63, 3.8) is 0 Å². The fourth-order valence-corrected chi connectivity index (χ4v) is 5.64. The molecule has 0 N–H and O–H groups in total. The average molecular weight is 828 g/mol. The molecule has 0 aromatic rings. The van der Waals surface area contributed by atoms with E-state index in [2.05, 4.69) is 111 Å². The quantitative estimate of drug-likeness (QED) is 0.0200.